The van der Waals surface area contributed by atoms with Crippen molar-refractivity contribution in [2.75, 3.05) is 32.5 Å². The van der Waals surface area contributed by atoms with Crippen LogP contribution < -0.4 is 4.74 Å². The van der Waals surface area contributed by atoms with Crippen LogP contribution in [-0.2, 0) is 4.79 Å². The maximum Gasteiger partial charge on any atom is 0.309 e. The summed E-state index contributed by atoms with van der Waals surface area (Å²) in [4.78, 5) is 20.1. The summed E-state index contributed by atoms with van der Waals surface area (Å²) in [6.07, 6.45) is 2.40. The summed E-state index contributed by atoms with van der Waals surface area (Å²) in [5.41, 5.74) is 0.410. The molecule has 0 bridgehead atoms. The fourth-order valence-electron chi connectivity index (χ4n) is 4.82. The Bertz CT molecular complexity index is 1220. The Balaban J connectivity index is 1.37. The molecular weight excluding hydrogens is 519 g/mol. The summed E-state index contributed by atoms with van der Waals surface area (Å²) >= 11 is 14.2. The first kappa shape index (κ1) is 27.0. The first-order valence-electron chi connectivity index (χ1n) is 12.0. The van der Waals surface area contributed by atoms with Gasteiger partial charge in [-0.3, -0.25) is 9.78 Å². The van der Waals surface area contributed by atoms with Crippen molar-refractivity contribution >= 4 is 51.8 Å². The minimum Gasteiger partial charge on any atom is -0.497 e. The van der Waals surface area contributed by atoms with E-state index in [2.05, 4.69) is 9.88 Å². The lowest BCUT2D eigenvalue weighted by atomic mass is 9.74. The maximum atomic E-state index is 12.4. The lowest BCUT2D eigenvalue weighted by Gasteiger charge is -2.39. The van der Waals surface area contributed by atoms with Crippen LogP contribution in [-0.4, -0.2) is 58.6 Å². The topological polar surface area (TPSA) is 82.9 Å². The lowest BCUT2D eigenvalue weighted by Crippen LogP contribution is -2.45. The number of fused-ring (bicyclic) bond motifs is 1. The molecule has 36 heavy (non-hydrogen) atoms. The van der Waals surface area contributed by atoms with Crippen molar-refractivity contribution in [3.05, 3.63) is 64.3 Å². The number of likely N-dealkylation sites (tertiary alicyclic amines) is 1. The zero-order valence-corrected chi connectivity index (χ0v) is 22.5. The molecule has 2 heterocycles. The lowest BCUT2D eigenvalue weighted by molar-refractivity contribution is -0.153. The van der Waals surface area contributed by atoms with Gasteiger partial charge in [0.15, 0.2) is 0 Å². The Morgan fingerprint density at radius 1 is 1.22 bits per heavy atom. The Morgan fingerprint density at radius 2 is 2.00 bits per heavy atom. The van der Waals surface area contributed by atoms with Gasteiger partial charge in [0.05, 0.1) is 29.2 Å². The number of carboxylic acids is 1. The van der Waals surface area contributed by atoms with Crippen molar-refractivity contribution in [1.82, 2.24) is 9.88 Å². The molecule has 0 amide bonds. The minimum absolute atomic E-state index is 0.299. The van der Waals surface area contributed by atoms with E-state index in [9.17, 15) is 15.0 Å². The molecule has 4 rings (SSSR count). The van der Waals surface area contributed by atoms with Crippen LogP contribution in [0.15, 0.2) is 53.6 Å². The Labute approximate surface area is 225 Å². The zero-order chi connectivity index (χ0) is 25.7. The van der Waals surface area contributed by atoms with Crippen molar-refractivity contribution in [2.45, 2.75) is 36.7 Å². The summed E-state index contributed by atoms with van der Waals surface area (Å²) in [6, 6.07) is 13.2. The van der Waals surface area contributed by atoms with Gasteiger partial charge in [-0.15, -0.1) is 11.8 Å². The highest BCUT2D eigenvalue weighted by Crippen LogP contribution is 2.41. The molecule has 0 spiro atoms. The number of carboxylic acid groups (broad SMARTS) is 1. The molecule has 1 aliphatic rings. The number of pyridine rings is 1. The first-order valence-corrected chi connectivity index (χ1v) is 13.7. The van der Waals surface area contributed by atoms with E-state index in [-0.39, 0.29) is 0 Å². The largest absolute Gasteiger partial charge is 0.497 e. The smallest absolute Gasteiger partial charge is 0.309 e. The van der Waals surface area contributed by atoms with Crippen LogP contribution in [0.5, 0.6) is 5.75 Å². The van der Waals surface area contributed by atoms with Crippen LogP contribution >= 0.6 is 35.0 Å². The SMILES string of the molecule is COc1ccc2ncc(Cl)c(C(O)CCC3(C(=O)O)CCN(CCSc4cccc(Cl)c4)CC3)c2c1. The molecule has 1 atom stereocenters. The highest BCUT2D eigenvalue weighted by molar-refractivity contribution is 7.99. The van der Waals surface area contributed by atoms with E-state index >= 15 is 0 Å². The second-order valence-electron chi connectivity index (χ2n) is 9.19. The monoisotopic (exact) mass is 548 g/mol. The predicted octanol–water partition coefficient (Wildman–Crippen LogP) is 6.32. The molecule has 1 fully saturated rings. The zero-order valence-electron chi connectivity index (χ0n) is 20.1. The number of carbonyl (C=O) groups is 1. The normalized spacial score (nSPS) is 16.7. The number of benzene rings is 2. The van der Waals surface area contributed by atoms with Crippen LogP contribution in [0.25, 0.3) is 10.9 Å². The summed E-state index contributed by atoms with van der Waals surface area (Å²) in [5.74, 6) is 0.758. The van der Waals surface area contributed by atoms with Crippen LogP contribution in [0, 0.1) is 5.41 Å². The van der Waals surface area contributed by atoms with Gasteiger partial charge >= 0.3 is 5.97 Å². The van der Waals surface area contributed by atoms with Gasteiger partial charge in [0.2, 0.25) is 0 Å². The van der Waals surface area contributed by atoms with Crippen LogP contribution in [0.3, 0.4) is 0 Å². The van der Waals surface area contributed by atoms with Crippen LogP contribution in [0.2, 0.25) is 10.0 Å². The third-order valence-electron chi connectivity index (χ3n) is 7.04. The van der Waals surface area contributed by atoms with E-state index in [1.807, 2.05) is 30.3 Å². The number of nitrogens with zero attached hydrogens (tertiary/aromatic N) is 2. The fourth-order valence-corrected chi connectivity index (χ4v) is 6.32. The second kappa shape index (κ2) is 12.0. The summed E-state index contributed by atoms with van der Waals surface area (Å²) < 4.78 is 5.33. The quantitative estimate of drug-likeness (QED) is 0.286. The molecule has 1 unspecified atom stereocenters. The van der Waals surface area contributed by atoms with Gasteiger partial charge in [-0.1, -0.05) is 29.3 Å². The van der Waals surface area contributed by atoms with E-state index in [0.717, 1.165) is 22.2 Å². The fraction of sp³-hybridized carbons (Fsp3) is 0.407. The van der Waals surface area contributed by atoms with E-state index in [1.54, 1.807) is 31.0 Å². The van der Waals surface area contributed by atoms with Crippen molar-refractivity contribution in [3.63, 3.8) is 0 Å². The van der Waals surface area contributed by atoms with Gasteiger partial charge in [-0.2, -0.15) is 0 Å². The number of piperidine rings is 1. The number of hydrogen-bond donors (Lipinski definition) is 2. The Morgan fingerprint density at radius 3 is 2.69 bits per heavy atom. The summed E-state index contributed by atoms with van der Waals surface area (Å²) in [7, 11) is 1.58. The van der Waals surface area contributed by atoms with Gasteiger partial charge in [0.1, 0.15) is 5.75 Å². The number of thioether (sulfide) groups is 1. The minimum atomic E-state index is -0.904. The molecule has 9 heteroatoms. The van der Waals surface area contributed by atoms with Crippen molar-refractivity contribution < 1.29 is 19.7 Å². The Kier molecular flexibility index (Phi) is 9.01. The molecule has 2 N–H and O–H groups in total. The van der Waals surface area contributed by atoms with Gasteiger partial charge in [0, 0.05) is 39.4 Å². The number of aliphatic hydroxyl groups is 1. The second-order valence-corrected chi connectivity index (χ2v) is 11.2. The number of aromatic nitrogens is 1. The van der Waals surface area contributed by atoms with E-state index in [0.29, 0.717) is 66.0 Å². The average molecular weight is 550 g/mol. The molecule has 6 nitrogen and oxygen atoms in total. The van der Waals surface area contributed by atoms with Gasteiger partial charge in [-0.25, -0.2) is 0 Å². The molecule has 1 aromatic heterocycles. The third-order valence-corrected chi connectivity index (χ3v) is 8.55. The molecule has 1 aliphatic heterocycles. The van der Waals surface area contributed by atoms with Gasteiger partial charge < -0.3 is 19.8 Å². The van der Waals surface area contributed by atoms with E-state index < -0.39 is 17.5 Å². The summed E-state index contributed by atoms with van der Waals surface area (Å²) in [5, 5.41) is 23.1. The highest BCUT2D eigenvalue weighted by Gasteiger charge is 2.41. The predicted molar refractivity (Wildman–Crippen MR) is 145 cm³/mol. The summed E-state index contributed by atoms with van der Waals surface area (Å²) in [6.45, 7) is 2.32. The van der Waals surface area contributed by atoms with Crippen LogP contribution in [0.4, 0.5) is 0 Å². The van der Waals surface area contributed by atoms with Gasteiger partial charge in [0.25, 0.3) is 0 Å². The highest BCUT2D eigenvalue weighted by atomic mass is 35.5. The average Bonchev–Trinajstić information content (AvgIpc) is 2.87. The van der Waals surface area contributed by atoms with E-state index in [1.165, 1.54) is 6.20 Å². The number of methoxy groups -OCH3 is 1. The number of aliphatic carboxylic acids is 1. The molecule has 0 saturated carbocycles. The number of rotatable bonds is 10. The first-order chi connectivity index (χ1) is 17.3. The molecule has 0 aliphatic carbocycles. The molecule has 2 aromatic carbocycles. The van der Waals surface area contributed by atoms with E-state index in [4.69, 9.17) is 27.9 Å². The number of halogens is 2. The number of aliphatic hydroxyl groups excluding tert-OH is 1. The standard InChI is InChI=1S/C27H30Cl2N2O4S/c1-35-19-5-6-23-21(16-19)25(22(29)17-30-23)24(32)7-8-27(26(33)34)9-11-31(12-10-27)13-14-36-20-4-2-3-18(28)15-20/h2-6,15-17,24,32H,7-14H2,1H3,(H,33,34). The van der Waals surface area contributed by atoms with Crippen LogP contribution in [0.1, 0.15) is 37.4 Å². The maximum absolute atomic E-state index is 12.4. The molecule has 192 valence electrons. The Hall–Kier alpha value is -2.03. The molecule has 1 saturated heterocycles. The van der Waals surface area contributed by atoms with Crippen molar-refractivity contribution in [2.24, 2.45) is 5.41 Å². The van der Waals surface area contributed by atoms with Crippen molar-refractivity contribution in [3.8, 4) is 5.75 Å². The third kappa shape index (κ3) is 6.26. The number of hydrogen-bond acceptors (Lipinski definition) is 6. The molecule has 3 aromatic rings. The number of ether oxygens (including phenoxy) is 1. The molecule has 0 radical (unpaired) electrons. The van der Waals surface area contributed by atoms with Gasteiger partial charge in [-0.05, 0) is 75.2 Å². The van der Waals surface area contributed by atoms with Crippen molar-refractivity contribution in [1.29, 1.82) is 0 Å². The molecular formula is C27H30Cl2N2O4S.